The summed E-state index contributed by atoms with van der Waals surface area (Å²) in [4.78, 5) is 0. The molecular formula is C8H10BrNO. The van der Waals surface area contributed by atoms with Gasteiger partial charge >= 0.3 is 0 Å². The van der Waals surface area contributed by atoms with Crippen molar-refractivity contribution in [1.82, 2.24) is 0 Å². The smallest absolute Gasteiger partial charge is 0.119 e. The number of methoxy groups -OCH3 is 1. The Morgan fingerprint density at radius 2 is 2.00 bits per heavy atom. The van der Waals surface area contributed by atoms with E-state index in [4.69, 9.17) is 4.74 Å². The van der Waals surface area contributed by atoms with Crippen LogP contribution in [0.2, 0.25) is 0 Å². The maximum absolute atomic E-state index is 5.01. The summed E-state index contributed by atoms with van der Waals surface area (Å²) in [5.41, 5.74) is 1.85. The molecule has 0 atom stereocenters. The second-order valence-corrected chi connectivity index (χ2v) is 2.60. The molecular weight excluding hydrogens is 206 g/mol. The summed E-state index contributed by atoms with van der Waals surface area (Å²) in [5.74, 6) is 0.880. The van der Waals surface area contributed by atoms with Crippen molar-refractivity contribution < 1.29 is 4.74 Å². The standard InChI is InChI=1S/C8H10BrNO/c1-11-8-4-2-7(3-5-8)10-6-9/h2-5,10H,6H2,1H3. The summed E-state index contributed by atoms with van der Waals surface area (Å²) in [5, 5.41) is 3.12. The van der Waals surface area contributed by atoms with Crippen molar-refractivity contribution in [2.45, 2.75) is 0 Å². The average Bonchev–Trinajstić information content (AvgIpc) is 2.07. The van der Waals surface area contributed by atoms with Gasteiger partial charge in [-0.2, -0.15) is 0 Å². The Hall–Kier alpha value is -0.700. The summed E-state index contributed by atoms with van der Waals surface area (Å²) in [6.45, 7) is 0. The third-order valence-electron chi connectivity index (χ3n) is 1.36. The number of ether oxygens (including phenoxy) is 1. The first-order chi connectivity index (χ1) is 5.36. The molecule has 0 spiro atoms. The molecule has 1 aromatic carbocycles. The molecule has 0 saturated heterocycles. The van der Waals surface area contributed by atoms with Crippen molar-refractivity contribution in [1.29, 1.82) is 0 Å². The number of halogens is 1. The van der Waals surface area contributed by atoms with E-state index in [0.717, 1.165) is 16.9 Å². The van der Waals surface area contributed by atoms with Crippen LogP contribution in [-0.2, 0) is 0 Å². The van der Waals surface area contributed by atoms with Gasteiger partial charge in [0.25, 0.3) is 0 Å². The summed E-state index contributed by atoms with van der Waals surface area (Å²) in [7, 11) is 1.66. The first-order valence-corrected chi connectivity index (χ1v) is 4.43. The van der Waals surface area contributed by atoms with E-state index in [0.29, 0.717) is 0 Å². The lowest BCUT2D eigenvalue weighted by molar-refractivity contribution is 0.415. The molecule has 0 bridgehead atoms. The van der Waals surface area contributed by atoms with Crippen LogP contribution in [0, 0.1) is 0 Å². The van der Waals surface area contributed by atoms with Crippen LogP contribution in [0.4, 0.5) is 5.69 Å². The zero-order valence-corrected chi connectivity index (χ0v) is 7.89. The van der Waals surface area contributed by atoms with E-state index in [1.165, 1.54) is 0 Å². The third kappa shape index (κ3) is 2.42. The Bertz CT molecular complexity index is 210. The molecule has 1 N–H and O–H groups in total. The van der Waals surface area contributed by atoms with Gasteiger partial charge in [0.05, 0.1) is 12.6 Å². The maximum Gasteiger partial charge on any atom is 0.119 e. The van der Waals surface area contributed by atoms with Crippen molar-refractivity contribution in [3.05, 3.63) is 24.3 Å². The molecule has 3 heteroatoms. The minimum Gasteiger partial charge on any atom is -0.497 e. The van der Waals surface area contributed by atoms with Crippen LogP contribution in [0.3, 0.4) is 0 Å². The minimum atomic E-state index is 0.763. The molecule has 0 amide bonds. The molecule has 0 aliphatic carbocycles. The van der Waals surface area contributed by atoms with Crippen LogP contribution in [0.5, 0.6) is 5.75 Å². The highest BCUT2D eigenvalue weighted by molar-refractivity contribution is 9.09. The highest BCUT2D eigenvalue weighted by atomic mass is 79.9. The van der Waals surface area contributed by atoms with Gasteiger partial charge in [-0.05, 0) is 24.3 Å². The quantitative estimate of drug-likeness (QED) is 0.618. The summed E-state index contributed by atoms with van der Waals surface area (Å²) >= 11 is 3.28. The number of rotatable bonds is 3. The first-order valence-electron chi connectivity index (χ1n) is 3.30. The maximum atomic E-state index is 5.01. The van der Waals surface area contributed by atoms with Gasteiger partial charge in [-0.1, -0.05) is 15.9 Å². The number of nitrogens with one attached hydrogen (secondary N) is 1. The lowest BCUT2D eigenvalue weighted by Gasteiger charge is -2.02. The minimum absolute atomic E-state index is 0.763. The van der Waals surface area contributed by atoms with Gasteiger partial charge in [-0.3, -0.25) is 0 Å². The van der Waals surface area contributed by atoms with Crippen molar-refractivity contribution >= 4 is 21.6 Å². The van der Waals surface area contributed by atoms with Gasteiger partial charge in [0, 0.05) is 5.69 Å². The number of alkyl halides is 1. The zero-order valence-electron chi connectivity index (χ0n) is 6.30. The van der Waals surface area contributed by atoms with Crippen LogP contribution in [0.1, 0.15) is 0 Å². The highest BCUT2D eigenvalue weighted by Gasteiger charge is 1.90. The molecule has 0 saturated carbocycles. The second kappa shape index (κ2) is 4.23. The second-order valence-electron chi connectivity index (χ2n) is 2.04. The van der Waals surface area contributed by atoms with Crippen LogP contribution in [0.15, 0.2) is 24.3 Å². The number of anilines is 1. The fourth-order valence-electron chi connectivity index (χ4n) is 0.786. The Morgan fingerprint density at radius 3 is 2.45 bits per heavy atom. The van der Waals surface area contributed by atoms with Gasteiger partial charge in [0.1, 0.15) is 5.75 Å². The van der Waals surface area contributed by atoms with Crippen molar-refractivity contribution in [2.75, 3.05) is 17.9 Å². The van der Waals surface area contributed by atoms with Crippen LogP contribution in [0.25, 0.3) is 0 Å². The number of hydrogen-bond acceptors (Lipinski definition) is 2. The van der Waals surface area contributed by atoms with E-state index >= 15 is 0 Å². The van der Waals surface area contributed by atoms with E-state index in [1.54, 1.807) is 7.11 Å². The molecule has 0 aliphatic rings. The van der Waals surface area contributed by atoms with Gasteiger partial charge < -0.3 is 10.1 Å². The summed E-state index contributed by atoms with van der Waals surface area (Å²) < 4.78 is 5.01. The van der Waals surface area contributed by atoms with E-state index in [1.807, 2.05) is 24.3 Å². The molecule has 0 aromatic heterocycles. The van der Waals surface area contributed by atoms with E-state index < -0.39 is 0 Å². The molecule has 0 unspecified atom stereocenters. The molecule has 1 aromatic rings. The van der Waals surface area contributed by atoms with E-state index in [2.05, 4.69) is 21.2 Å². The lowest BCUT2D eigenvalue weighted by atomic mass is 10.3. The Morgan fingerprint density at radius 1 is 1.36 bits per heavy atom. The van der Waals surface area contributed by atoms with Gasteiger partial charge in [-0.15, -0.1) is 0 Å². The molecule has 60 valence electrons. The van der Waals surface area contributed by atoms with E-state index in [-0.39, 0.29) is 0 Å². The van der Waals surface area contributed by atoms with Crippen molar-refractivity contribution in [3.8, 4) is 5.75 Å². The number of benzene rings is 1. The highest BCUT2D eigenvalue weighted by Crippen LogP contribution is 2.14. The molecule has 2 nitrogen and oxygen atoms in total. The largest absolute Gasteiger partial charge is 0.497 e. The Balaban J connectivity index is 2.66. The van der Waals surface area contributed by atoms with Crippen LogP contribution < -0.4 is 10.1 Å². The predicted molar refractivity (Wildman–Crippen MR) is 50.4 cm³/mol. The SMILES string of the molecule is COc1ccc(NCBr)cc1. The molecule has 11 heavy (non-hydrogen) atoms. The monoisotopic (exact) mass is 215 g/mol. The fraction of sp³-hybridized carbons (Fsp3) is 0.250. The van der Waals surface area contributed by atoms with Gasteiger partial charge in [0.15, 0.2) is 0 Å². The topological polar surface area (TPSA) is 21.3 Å². The first kappa shape index (κ1) is 8.40. The molecule has 0 fully saturated rings. The summed E-state index contributed by atoms with van der Waals surface area (Å²) in [6.07, 6.45) is 0. The zero-order chi connectivity index (χ0) is 8.10. The van der Waals surface area contributed by atoms with E-state index in [9.17, 15) is 0 Å². The summed E-state index contributed by atoms with van der Waals surface area (Å²) in [6, 6.07) is 7.79. The fourth-order valence-corrected chi connectivity index (χ4v) is 1.11. The Kier molecular flexibility index (Phi) is 3.23. The molecule has 0 aliphatic heterocycles. The third-order valence-corrected chi connectivity index (χ3v) is 1.64. The number of hydrogen-bond donors (Lipinski definition) is 1. The predicted octanol–water partition coefficient (Wildman–Crippen LogP) is 2.46. The van der Waals surface area contributed by atoms with Crippen LogP contribution >= 0.6 is 15.9 Å². The van der Waals surface area contributed by atoms with Crippen molar-refractivity contribution in [2.24, 2.45) is 0 Å². The lowest BCUT2D eigenvalue weighted by Crippen LogP contribution is -1.92. The van der Waals surface area contributed by atoms with Gasteiger partial charge in [0.2, 0.25) is 0 Å². The van der Waals surface area contributed by atoms with Crippen molar-refractivity contribution in [3.63, 3.8) is 0 Å². The molecule has 1 rings (SSSR count). The molecule has 0 radical (unpaired) electrons. The Labute approximate surface area is 74.7 Å². The average molecular weight is 216 g/mol. The molecule has 0 heterocycles. The van der Waals surface area contributed by atoms with Crippen LogP contribution in [-0.4, -0.2) is 12.6 Å². The normalized spacial score (nSPS) is 9.27. The van der Waals surface area contributed by atoms with Gasteiger partial charge in [-0.25, -0.2) is 0 Å².